The average Bonchev–Trinajstić information content (AvgIpc) is 2.65. The molecule has 0 saturated carbocycles. The fraction of sp³-hybridized carbons (Fsp3) is 0.750. The Balaban J connectivity index is 2.12. The molecule has 2 atom stereocenters. The summed E-state index contributed by atoms with van der Waals surface area (Å²) in [5.74, 6) is 0. The number of ether oxygens (including phenoxy) is 1. The number of hydrogen-bond donors (Lipinski definition) is 1. The highest BCUT2D eigenvalue weighted by molar-refractivity contribution is 7.09. The second kappa shape index (κ2) is 4.43. The maximum atomic E-state index is 5.88. The van der Waals surface area contributed by atoms with E-state index < -0.39 is 0 Å². The summed E-state index contributed by atoms with van der Waals surface area (Å²) in [6, 6.07) is 0. The van der Waals surface area contributed by atoms with Crippen molar-refractivity contribution in [2.75, 3.05) is 13.1 Å². The lowest BCUT2D eigenvalue weighted by molar-refractivity contribution is -0.0288. The Morgan fingerprint density at radius 1 is 1.44 bits per heavy atom. The molecule has 0 spiro atoms. The third kappa shape index (κ3) is 2.62. The molecule has 16 heavy (non-hydrogen) atoms. The summed E-state index contributed by atoms with van der Waals surface area (Å²) in [4.78, 5) is 4.69. The quantitative estimate of drug-likeness (QED) is 0.819. The van der Waals surface area contributed by atoms with Crippen molar-refractivity contribution < 1.29 is 4.74 Å². The van der Waals surface area contributed by atoms with Crippen molar-refractivity contribution in [2.45, 2.75) is 45.3 Å². The minimum atomic E-state index is 0.127. The van der Waals surface area contributed by atoms with Crippen LogP contribution < -0.4 is 5.32 Å². The molecule has 1 aliphatic heterocycles. The van der Waals surface area contributed by atoms with Crippen LogP contribution in [0.15, 0.2) is 5.38 Å². The summed E-state index contributed by atoms with van der Waals surface area (Å²) in [5.41, 5.74) is 1.29. The van der Waals surface area contributed by atoms with Gasteiger partial charge in [0, 0.05) is 23.9 Å². The predicted octanol–water partition coefficient (Wildman–Crippen LogP) is 2.49. The van der Waals surface area contributed by atoms with Crippen LogP contribution in [-0.2, 0) is 10.2 Å². The van der Waals surface area contributed by atoms with E-state index in [9.17, 15) is 0 Å². The molecular weight excluding hydrogens is 220 g/mol. The lowest BCUT2D eigenvalue weighted by atomic mass is 9.93. The van der Waals surface area contributed by atoms with Gasteiger partial charge in [-0.25, -0.2) is 4.98 Å². The third-order valence-corrected chi connectivity index (χ3v) is 3.66. The van der Waals surface area contributed by atoms with Crippen LogP contribution in [0.4, 0.5) is 0 Å². The zero-order valence-electron chi connectivity index (χ0n) is 10.4. The predicted molar refractivity (Wildman–Crippen MR) is 67.0 cm³/mol. The molecule has 0 amide bonds. The molecule has 0 bridgehead atoms. The molecule has 1 N–H and O–H groups in total. The number of morpholine rings is 1. The standard InChI is InChI=1S/C12H20N2OS/c1-8-5-13-6-9(15-8)11-14-10(7-16-11)12(2,3)4/h7-9,13H,5-6H2,1-4H3/t8-,9+/m1/s1. The van der Waals surface area contributed by atoms with Gasteiger partial charge in [0.25, 0.3) is 0 Å². The fourth-order valence-electron chi connectivity index (χ4n) is 1.72. The first kappa shape index (κ1) is 12.0. The van der Waals surface area contributed by atoms with Gasteiger partial charge in [0.05, 0.1) is 11.8 Å². The summed E-state index contributed by atoms with van der Waals surface area (Å²) in [5, 5.41) is 6.62. The molecule has 2 rings (SSSR count). The third-order valence-electron chi connectivity index (χ3n) is 2.72. The van der Waals surface area contributed by atoms with Gasteiger partial charge in [0.15, 0.2) is 0 Å². The highest BCUT2D eigenvalue weighted by Crippen LogP contribution is 2.29. The molecule has 1 aromatic heterocycles. The van der Waals surface area contributed by atoms with Gasteiger partial charge in [-0.15, -0.1) is 11.3 Å². The Labute approximate surface area is 101 Å². The number of nitrogens with zero attached hydrogens (tertiary/aromatic N) is 1. The number of thiazole rings is 1. The van der Waals surface area contributed by atoms with Crippen LogP contribution in [-0.4, -0.2) is 24.2 Å². The van der Waals surface area contributed by atoms with Gasteiger partial charge < -0.3 is 10.1 Å². The van der Waals surface area contributed by atoms with Crippen molar-refractivity contribution in [2.24, 2.45) is 0 Å². The van der Waals surface area contributed by atoms with Crippen molar-refractivity contribution >= 4 is 11.3 Å². The normalized spacial score (nSPS) is 27.0. The topological polar surface area (TPSA) is 34.2 Å². The minimum absolute atomic E-state index is 0.127. The molecule has 1 aromatic rings. The molecule has 0 radical (unpaired) electrons. The molecule has 2 heterocycles. The Hall–Kier alpha value is -0.450. The monoisotopic (exact) mass is 240 g/mol. The molecule has 1 fully saturated rings. The van der Waals surface area contributed by atoms with Gasteiger partial charge in [-0.3, -0.25) is 0 Å². The van der Waals surface area contributed by atoms with Crippen molar-refractivity contribution in [3.63, 3.8) is 0 Å². The summed E-state index contributed by atoms with van der Waals surface area (Å²) < 4.78 is 5.88. The summed E-state index contributed by atoms with van der Waals surface area (Å²) in [6.07, 6.45) is 0.408. The van der Waals surface area contributed by atoms with Gasteiger partial charge in [-0.2, -0.15) is 0 Å². The minimum Gasteiger partial charge on any atom is -0.365 e. The van der Waals surface area contributed by atoms with E-state index in [2.05, 4.69) is 38.4 Å². The largest absolute Gasteiger partial charge is 0.365 e. The SMILES string of the molecule is C[C@@H]1CNC[C@@H](c2nc(C(C)(C)C)cs2)O1. The van der Waals surface area contributed by atoms with Crippen LogP contribution in [0.2, 0.25) is 0 Å². The first-order valence-electron chi connectivity index (χ1n) is 5.79. The van der Waals surface area contributed by atoms with Crippen LogP contribution in [0.25, 0.3) is 0 Å². The number of hydrogen-bond acceptors (Lipinski definition) is 4. The van der Waals surface area contributed by atoms with Crippen molar-refractivity contribution in [1.82, 2.24) is 10.3 Å². The molecule has 0 aromatic carbocycles. The summed E-state index contributed by atoms with van der Waals surface area (Å²) >= 11 is 1.71. The molecule has 0 unspecified atom stereocenters. The average molecular weight is 240 g/mol. The van der Waals surface area contributed by atoms with Crippen molar-refractivity contribution in [1.29, 1.82) is 0 Å². The second-order valence-corrected chi connectivity index (χ2v) is 6.30. The summed E-state index contributed by atoms with van der Waals surface area (Å²) in [7, 11) is 0. The van der Waals surface area contributed by atoms with E-state index in [0.29, 0.717) is 0 Å². The molecule has 90 valence electrons. The molecule has 1 aliphatic rings. The summed E-state index contributed by atoms with van der Waals surface area (Å²) in [6.45, 7) is 10.5. The Kier molecular flexibility index (Phi) is 3.33. The van der Waals surface area contributed by atoms with Crippen LogP contribution in [0.3, 0.4) is 0 Å². The van der Waals surface area contributed by atoms with Crippen LogP contribution >= 0.6 is 11.3 Å². The maximum Gasteiger partial charge on any atom is 0.123 e. The van der Waals surface area contributed by atoms with Gasteiger partial charge in [0.2, 0.25) is 0 Å². The second-order valence-electron chi connectivity index (χ2n) is 5.41. The molecule has 0 aliphatic carbocycles. The van der Waals surface area contributed by atoms with Crippen LogP contribution in [0.1, 0.15) is 44.5 Å². The maximum absolute atomic E-state index is 5.88. The lowest BCUT2D eigenvalue weighted by Gasteiger charge is -2.27. The Morgan fingerprint density at radius 3 is 2.75 bits per heavy atom. The zero-order valence-corrected chi connectivity index (χ0v) is 11.2. The smallest absolute Gasteiger partial charge is 0.123 e. The van der Waals surface area contributed by atoms with E-state index in [1.54, 1.807) is 11.3 Å². The van der Waals surface area contributed by atoms with Gasteiger partial charge in [-0.1, -0.05) is 20.8 Å². The van der Waals surface area contributed by atoms with E-state index in [1.807, 2.05) is 0 Å². The van der Waals surface area contributed by atoms with Crippen molar-refractivity contribution in [3.8, 4) is 0 Å². The van der Waals surface area contributed by atoms with E-state index in [-0.39, 0.29) is 17.6 Å². The van der Waals surface area contributed by atoms with Crippen LogP contribution in [0.5, 0.6) is 0 Å². The number of nitrogens with one attached hydrogen (secondary N) is 1. The van der Waals surface area contributed by atoms with E-state index in [0.717, 1.165) is 23.8 Å². The number of aromatic nitrogens is 1. The fourth-order valence-corrected chi connectivity index (χ4v) is 2.80. The highest BCUT2D eigenvalue weighted by atomic mass is 32.1. The zero-order chi connectivity index (χ0) is 11.8. The first-order chi connectivity index (χ1) is 7.47. The molecule has 4 heteroatoms. The van der Waals surface area contributed by atoms with E-state index in [1.165, 1.54) is 0 Å². The Morgan fingerprint density at radius 2 is 2.19 bits per heavy atom. The molecular formula is C12H20N2OS. The molecule has 1 saturated heterocycles. The number of rotatable bonds is 1. The lowest BCUT2D eigenvalue weighted by Crippen LogP contribution is -2.38. The Bertz CT molecular complexity index is 356. The van der Waals surface area contributed by atoms with Crippen LogP contribution in [0, 0.1) is 0 Å². The van der Waals surface area contributed by atoms with Gasteiger partial charge >= 0.3 is 0 Å². The van der Waals surface area contributed by atoms with Gasteiger partial charge in [-0.05, 0) is 6.92 Å². The van der Waals surface area contributed by atoms with Gasteiger partial charge in [0.1, 0.15) is 11.1 Å². The van der Waals surface area contributed by atoms with E-state index >= 15 is 0 Å². The first-order valence-corrected chi connectivity index (χ1v) is 6.67. The molecule has 3 nitrogen and oxygen atoms in total. The van der Waals surface area contributed by atoms with E-state index in [4.69, 9.17) is 9.72 Å². The van der Waals surface area contributed by atoms with Crippen molar-refractivity contribution in [3.05, 3.63) is 16.1 Å². The highest BCUT2D eigenvalue weighted by Gasteiger charge is 2.25.